The molecular weight excluding hydrogens is 426 g/mol. The molecule has 3 heterocycles. The lowest BCUT2D eigenvalue weighted by Gasteiger charge is -2.06. The molecule has 0 bridgehead atoms. The maximum absolute atomic E-state index is 12.6. The molecule has 0 atom stereocenters. The third-order valence-corrected chi connectivity index (χ3v) is 6.74. The fourth-order valence-corrected chi connectivity index (χ4v) is 5.18. The molecule has 0 spiro atoms. The summed E-state index contributed by atoms with van der Waals surface area (Å²) in [5.74, 6) is 0.973. The number of hydroxylamine groups is 1. The topological polar surface area (TPSA) is 84.1 Å². The van der Waals surface area contributed by atoms with Crippen LogP contribution in [0.1, 0.15) is 11.4 Å². The SMILES string of the molecule is O=C(CSCc1nc2scc(-c3cccs3)c2c(=O)[nH]1)NOCc1ccccc1. The van der Waals surface area contributed by atoms with Crippen LogP contribution in [0.4, 0.5) is 0 Å². The molecule has 0 saturated carbocycles. The van der Waals surface area contributed by atoms with Gasteiger partial charge >= 0.3 is 0 Å². The first-order valence-electron chi connectivity index (χ1n) is 8.77. The molecule has 9 heteroatoms. The second-order valence-electron chi connectivity index (χ2n) is 6.11. The molecule has 0 radical (unpaired) electrons. The van der Waals surface area contributed by atoms with Crippen LogP contribution in [-0.4, -0.2) is 21.6 Å². The molecule has 0 aliphatic carbocycles. The van der Waals surface area contributed by atoms with Gasteiger partial charge < -0.3 is 4.98 Å². The number of hydrogen-bond donors (Lipinski definition) is 2. The van der Waals surface area contributed by atoms with E-state index in [9.17, 15) is 9.59 Å². The highest BCUT2D eigenvalue weighted by Gasteiger charge is 2.14. The molecular formula is C20H17N3O3S3. The van der Waals surface area contributed by atoms with Crippen molar-refractivity contribution in [3.63, 3.8) is 0 Å². The maximum atomic E-state index is 12.6. The first-order chi connectivity index (χ1) is 14.2. The normalized spacial score (nSPS) is 11.0. The van der Waals surface area contributed by atoms with Gasteiger partial charge in [-0.1, -0.05) is 36.4 Å². The minimum absolute atomic E-state index is 0.147. The van der Waals surface area contributed by atoms with Crippen molar-refractivity contribution >= 4 is 50.6 Å². The van der Waals surface area contributed by atoms with Gasteiger partial charge in [0.1, 0.15) is 10.7 Å². The molecule has 29 heavy (non-hydrogen) atoms. The molecule has 4 aromatic rings. The fraction of sp³-hybridized carbons (Fsp3) is 0.150. The van der Waals surface area contributed by atoms with E-state index in [-0.39, 0.29) is 17.2 Å². The molecule has 148 valence electrons. The summed E-state index contributed by atoms with van der Waals surface area (Å²) in [6.45, 7) is 0.313. The van der Waals surface area contributed by atoms with Gasteiger partial charge in [0.15, 0.2) is 0 Å². The molecule has 3 aromatic heterocycles. The zero-order valence-corrected chi connectivity index (χ0v) is 17.7. The number of fused-ring (bicyclic) bond motifs is 1. The second kappa shape index (κ2) is 9.36. The van der Waals surface area contributed by atoms with Gasteiger partial charge in [0, 0.05) is 15.8 Å². The van der Waals surface area contributed by atoms with Crippen LogP contribution in [0, 0.1) is 0 Å². The summed E-state index contributed by atoms with van der Waals surface area (Å²) in [7, 11) is 0. The highest BCUT2D eigenvalue weighted by atomic mass is 32.2. The maximum Gasteiger partial charge on any atom is 0.260 e. The zero-order valence-electron chi connectivity index (χ0n) is 15.2. The number of nitrogens with one attached hydrogen (secondary N) is 2. The Labute approximate surface area is 178 Å². The molecule has 6 nitrogen and oxygen atoms in total. The van der Waals surface area contributed by atoms with Gasteiger partial charge in [-0.15, -0.1) is 34.4 Å². The van der Waals surface area contributed by atoms with E-state index in [2.05, 4.69) is 15.4 Å². The van der Waals surface area contributed by atoms with Crippen molar-refractivity contribution in [3.8, 4) is 10.4 Å². The van der Waals surface area contributed by atoms with Crippen molar-refractivity contribution in [1.82, 2.24) is 15.4 Å². The van der Waals surface area contributed by atoms with Crippen molar-refractivity contribution in [2.24, 2.45) is 0 Å². The van der Waals surface area contributed by atoms with Crippen LogP contribution >= 0.6 is 34.4 Å². The number of aromatic amines is 1. The van der Waals surface area contributed by atoms with Gasteiger partial charge in [-0.05, 0) is 17.0 Å². The van der Waals surface area contributed by atoms with E-state index >= 15 is 0 Å². The number of carbonyl (C=O) groups excluding carboxylic acids is 1. The van der Waals surface area contributed by atoms with E-state index in [1.165, 1.54) is 23.1 Å². The Morgan fingerprint density at radius 1 is 1.17 bits per heavy atom. The number of rotatable bonds is 8. The van der Waals surface area contributed by atoms with Crippen LogP contribution in [0.3, 0.4) is 0 Å². The first kappa shape index (κ1) is 19.8. The number of amides is 1. The monoisotopic (exact) mass is 443 g/mol. The Balaban J connectivity index is 1.31. The van der Waals surface area contributed by atoms with E-state index in [0.717, 1.165) is 16.0 Å². The predicted molar refractivity (Wildman–Crippen MR) is 119 cm³/mol. The number of thiophene rings is 2. The lowest BCUT2D eigenvalue weighted by Crippen LogP contribution is -2.25. The standard InChI is InChI=1S/C20H17N3O3S3/c24-17(23-26-9-13-5-2-1-3-6-13)12-27-11-16-21-19(25)18-14(10-29-20(18)22-16)15-7-4-8-28-15/h1-8,10H,9,11-12H2,(H,23,24)(H,21,22,25). The lowest BCUT2D eigenvalue weighted by molar-refractivity contribution is -0.131. The number of hydrogen-bond acceptors (Lipinski definition) is 7. The van der Waals surface area contributed by atoms with Gasteiger partial charge in [-0.2, -0.15) is 0 Å². The van der Waals surface area contributed by atoms with E-state index in [1.807, 2.05) is 53.2 Å². The van der Waals surface area contributed by atoms with Crippen molar-refractivity contribution in [3.05, 3.63) is 75.0 Å². The highest BCUT2D eigenvalue weighted by Crippen LogP contribution is 2.33. The van der Waals surface area contributed by atoms with E-state index < -0.39 is 0 Å². The average molecular weight is 444 g/mol. The van der Waals surface area contributed by atoms with Crippen LogP contribution < -0.4 is 11.0 Å². The molecule has 0 saturated heterocycles. The van der Waals surface area contributed by atoms with Crippen LogP contribution in [0.15, 0.2) is 58.0 Å². The zero-order chi connectivity index (χ0) is 20.1. The van der Waals surface area contributed by atoms with Crippen LogP contribution in [0.5, 0.6) is 0 Å². The third kappa shape index (κ3) is 4.94. The summed E-state index contributed by atoms with van der Waals surface area (Å²) in [5.41, 5.74) is 4.18. The van der Waals surface area contributed by atoms with Crippen molar-refractivity contribution in [1.29, 1.82) is 0 Å². The molecule has 2 N–H and O–H groups in total. The first-order valence-corrected chi connectivity index (χ1v) is 11.7. The number of H-pyrrole nitrogens is 1. The molecule has 1 aromatic carbocycles. The van der Waals surface area contributed by atoms with E-state index in [4.69, 9.17) is 4.84 Å². The van der Waals surface area contributed by atoms with Gasteiger partial charge in [-0.3, -0.25) is 14.4 Å². The van der Waals surface area contributed by atoms with Gasteiger partial charge in [-0.25, -0.2) is 10.5 Å². The molecule has 0 aliphatic rings. The number of benzene rings is 1. The van der Waals surface area contributed by atoms with Gasteiger partial charge in [0.05, 0.1) is 23.5 Å². The second-order valence-corrected chi connectivity index (χ2v) is 8.90. The number of nitrogens with zero attached hydrogens (tertiary/aromatic N) is 1. The fourth-order valence-electron chi connectivity index (χ4n) is 2.72. The summed E-state index contributed by atoms with van der Waals surface area (Å²) < 4.78 is 0. The molecule has 0 aliphatic heterocycles. The number of carbonyl (C=O) groups is 1. The number of thioether (sulfide) groups is 1. The third-order valence-electron chi connectivity index (χ3n) is 4.02. The predicted octanol–water partition coefficient (Wildman–Crippen LogP) is 4.19. The average Bonchev–Trinajstić information content (AvgIpc) is 3.38. The minimum atomic E-state index is -0.231. The Kier molecular flexibility index (Phi) is 6.40. The Hall–Kier alpha value is -2.46. The summed E-state index contributed by atoms with van der Waals surface area (Å²) in [4.78, 5) is 38.8. The van der Waals surface area contributed by atoms with Crippen LogP contribution in [0.2, 0.25) is 0 Å². The van der Waals surface area contributed by atoms with Crippen molar-refractivity contribution < 1.29 is 9.63 Å². The Morgan fingerprint density at radius 3 is 2.83 bits per heavy atom. The molecule has 0 unspecified atom stereocenters. The minimum Gasteiger partial charge on any atom is -0.309 e. The Morgan fingerprint density at radius 2 is 2.03 bits per heavy atom. The molecule has 1 amide bonds. The largest absolute Gasteiger partial charge is 0.309 e. The molecule has 4 rings (SSSR count). The van der Waals surface area contributed by atoms with Crippen molar-refractivity contribution in [2.45, 2.75) is 12.4 Å². The molecule has 0 fully saturated rings. The van der Waals surface area contributed by atoms with Crippen molar-refractivity contribution in [2.75, 3.05) is 5.75 Å². The Bertz CT molecular complexity index is 1150. The summed E-state index contributed by atoms with van der Waals surface area (Å²) in [6, 6.07) is 13.6. The summed E-state index contributed by atoms with van der Waals surface area (Å²) in [6.07, 6.45) is 0. The van der Waals surface area contributed by atoms with Crippen LogP contribution in [0.25, 0.3) is 20.7 Å². The van der Waals surface area contributed by atoms with Gasteiger partial charge in [0.2, 0.25) is 0 Å². The highest BCUT2D eigenvalue weighted by molar-refractivity contribution is 7.99. The van der Waals surface area contributed by atoms with Gasteiger partial charge in [0.25, 0.3) is 11.5 Å². The smallest absolute Gasteiger partial charge is 0.260 e. The summed E-state index contributed by atoms with van der Waals surface area (Å²) >= 11 is 4.42. The van der Waals surface area contributed by atoms with E-state index in [1.54, 1.807) is 11.3 Å². The summed E-state index contributed by atoms with van der Waals surface area (Å²) in [5, 5.41) is 4.58. The quantitative estimate of drug-likeness (QED) is 0.399. The van der Waals surface area contributed by atoms with E-state index in [0.29, 0.717) is 28.4 Å². The lowest BCUT2D eigenvalue weighted by atomic mass is 10.2. The number of aromatic nitrogens is 2. The van der Waals surface area contributed by atoms with Crippen LogP contribution in [-0.2, 0) is 22.0 Å².